The van der Waals surface area contributed by atoms with Gasteiger partial charge in [-0.25, -0.2) is 9.59 Å². The summed E-state index contributed by atoms with van der Waals surface area (Å²) in [5.41, 5.74) is 2.13. The van der Waals surface area contributed by atoms with Crippen molar-refractivity contribution in [3.05, 3.63) is 41.0 Å². The number of aryl methyl sites for hydroxylation is 2. The van der Waals surface area contributed by atoms with Crippen molar-refractivity contribution in [1.29, 1.82) is 0 Å². The standard InChI is InChI=1S/C18H22O5/c1-6-7-15(22-17(20)11(2)3)18(21)23-16-9-12(4)14(10-19)8-13(16)5/h8-10,15H,2,6-7H2,1,3-5H3. The molecule has 0 aliphatic rings. The zero-order chi connectivity index (χ0) is 17.6. The highest BCUT2D eigenvalue weighted by molar-refractivity contribution is 5.90. The largest absolute Gasteiger partial charge is 0.447 e. The molecule has 0 spiro atoms. The van der Waals surface area contributed by atoms with Crippen molar-refractivity contribution in [2.24, 2.45) is 0 Å². The second-order valence-electron chi connectivity index (χ2n) is 5.48. The van der Waals surface area contributed by atoms with E-state index in [-0.39, 0.29) is 5.57 Å². The average Bonchev–Trinajstić information content (AvgIpc) is 2.49. The Bertz CT molecular complexity index is 631. The van der Waals surface area contributed by atoms with E-state index in [2.05, 4.69) is 6.58 Å². The molecule has 124 valence electrons. The molecule has 1 aromatic rings. The van der Waals surface area contributed by atoms with E-state index in [4.69, 9.17) is 9.47 Å². The first kappa shape index (κ1) is 18.6. The van der Waals surface area contributed by atoms with Gasteiger partial charge < -0.3 is 9.47 Å². The Morgan fingerprint density at radius 1 is 1.26 bits per heavy atom. The molecule has 0 radical (unpaired) electrons. The summed E-state index contributed by atoms with van der Waals surface area (Å²) in [6.45, 7) is 10.4. The number of aldehydes is 1. The van der Waals surface area contributed by atoms with E-state index in [0.29, 0.717) is 35.3 Å². The fourth-order valence-corrected chi connectivity index (χ4v) is 1.94. The topological polar surface area (TPSA) is 69.7 Å². The van der Waals surface area contributed by atoms with Crippen LogP contribution in [-0.4, -0.2) is 24.3 Å². The SMILES string of the molecule is C=C(C)C(=O)OC(CCC)C(=O)Oc1cc(C)c(C=O)cc1C. The number of ether oxygens (including phenoxy) is 2. The van der Waals surface area contributed by atoms with Crippen LogP contribution < -0.4 is 4.74 Å². The molecule has 5 heteroatoms. The molecule has 0 saturated heterocycles. The Balaban J connectivity index is 2.94. The quantitative estimate of drug-likeness (QED) is 0.334. The maximum Gasteiger partial charge on any atom is 0.352 e. The lowest BCUT2D eigenvalue weighted by atomic mass is 10.1. The molecule has 0 aromatic heterocycles. The zero-order valence-electron chi connectivity index (χ0n) is 14.0. The number of hydrogen-bond donors (Lipinski definition) is 0. The molecule has 0 N–H and O–H groups in total. The van der Waals surface area contributed by atoms with Gasteiger partial charge in [-0.15, -0.1) is 0 Å². The molecule has 1 aromatic carbocycles. The molecule has 5 nitrogen and oxygen atoms in total. The van der Waals surface area contributed by atoms with Crippen LogP contribution in [0.4, 0.5) is 0 Å². The number of rotatable bonds is 7. The highest BCUT2D eigenvalue weighted by Crippen LogP contribution is 2.23. The van der Waals surface area contributed by atoms with Crippen molar-refractivity contribution >= 4 is 18.2 Å². The molecule has 1 rings (SSSR count). The van der Waals surface area contributed by atoms with E-state index in [1.54, 1.807) is 26.0 Å². The van der Waals surface area contributed by atoms with Gasteiger partial charge in [0.1, 0.15) is 12.0 Å². The third kappa shape index (κ3) is 5.06. The second kappa shape index (κ2) is 8.27. The summed E-state index contributed by atoms with van der Waals surface area (Å²) in [4.78, 5) is 34.8. The van der Waals surface area contributed by atoms with Gasteiger partial charge in [-0.3, -0.25) is 4.79 Å². The number of esters is 2. The van der Waals surface area contributed by atoms with Crippen LogP contribution in [0.25, 0.3) is 0 Å². The fraction of sp³-hybridized carbons (Fsp3) is 0.389. The lowest BCUT2D eigenvalue weighted by molar-refractivity contribution is -0.159. The highest BCUT2D eigenvalue weighted by atomic mass is 16.6. The van der Waals surface area contributed by atoms with Crippen molar-refractivity contribution in [1.82, 2.24) is 0 Å². The summed E-state index contributed by atoms with van der Waals surface area (Å²) in [5.74, 6) is -0.905. The summed E-state index contributed by atoms with van der Waals surface area (Å²) in [7, 11) is 0. The van der Waals surface area contributed by atoms with Gasteiger partial charge in [0, 0.05) is 11.1 Å². The number of carbonyl (C=O) groups is 3. The van der Waals surface area contributed by atoms with Crippen LogP contribution >= 0.6 is 0 Å². The van der Waals surface area contributed by atoms with E-state index in [1.807, 2.05) is 6.92 Å². The van der Waals surface area contributed by atoms with Crippen LogP contribution in [0.3, 0.4) is 0 Å². The molecule has 0 heterocycles. The van der Waals surface area contributed by atoms with E-state index in [1.165, 1.54) is 6.92 Å². The van der Waals surface area contributed by atoms with Crippen LogP contribution in [-0.2, 0) is 14.3 Å². The van der Waals surface area contributed by atoms with Gasteiger partial charge >= 0.3 is 11.9 Å². The number of carbonyl (C=O) groups excluding carboxylic acids is 3. The first-order valence-electron chi connectivity index (χ1n) is 7.44. The van der Waals surface area contributed by atoms with E-state index in [9.17, 15) is 14.4 Å². The maximum absolute atomic E-state index is 12.3. The Kier molecular flexibility index (Phi) is 6.69. The van der Waals surface area contributed by atoms with Crippen LogP contribution in [0.15, 0.2) is 24.3 Å². The van der Waals surface area contributed by atoms with E-state index < -0.39 is 18.0 Å². The zero-order valence-corrected chi connectivity index (χ0v) is 14.0. The molecular weight excluding hydrogens is 296 g/mol. The average molecular weight is 318 g/mol. The molecule has 0 fully saturated rings. The van der Waals surface area contributed by atoms with Crippen molar-refractivity contribution in [3.8, 4) is 5.75 Å². The Hall–Kier alpha value is -2.43. The van der Waals surface area contributed by atoms with Crippen LogP contribution in [0.5, 0.6) is 5.75 Å². The van der Waals surface area contributed by atoms with Gasteiger partial charge in [0.25, 0.3) is 0 Å². The molecule has 0 aliphatic heterocycles. The fourth-order valence-electron chi connectivity index (χ4n) is 1.94. The summed E-state index contributed by atoms with van der Waals surface area (Å²) in [6.07, 6.45) is 0.797. The minimum absolute atomic E-state index is 0.223. The van der Waals surface area contributed by atoms with Crippen LogP contribution in [0.1, 0.15) is 48.2 Å². The normalized spacial score (nSPS) is 11.5. The van der Waals surface area contributed by atoms with E-state index in [0.717, 1.165) is 6.29 Å². The number of hydrogen-bond acceptors (Lipinski definition) is 5. The van der Waals surface area contributed by atoms with Crippen molar-refractivity contribution in [3.63, 3.8) is 0 Å². The third-order valence-corrected chi connectivity index (χ3v) is 3.31. The summed E-state index contributed by atoms with van der Waals surface area (Å²) in [6, 6.07) is 3.28. The smallest absolute Gasteiger partial charge is 0.352 e. The monoisotopic (exact) mass is 318 g/mol. The Morgan fingerprint density at radius 3 is 2.43 bits per heavy atom. The first-order valence-corrected chi connectivity index (χ1v) is 7.44. The minimum Gasteiger partial charge on any atom is -0.447 e. The van der Waals surface area contributed by atoms with Gasteiger partial charge in [-0.05, 0) is 50.5 Å². The lowest BCUT2D eigenvalue weighted by Crippen LogP contribution is -2.31. The minimum atomic E-state index is -0.977. The van der Waals surface area contributed by atoms with Gasteiger partial charge in [0.05, 0.1) is 0 Å². The second-order valence-corrected chi connectivity index (χ2v) is 5.48. The Labute approximate surface area is 136 Å². The molecular formula is C18H22O5. The summed E-state index contributed by atoms with van der Waals surface area (Å²) >= 11 is 0. The van der Waals surface area contributed by atoms with Crippen molar-refractivity contribution in [2.75, 3.05) is 0 Å². The molecule has 0 amide bonds. The summed E-state index contributed by atoms with van der Waals surface area (Å²) in [5, 5.41) is 0. The summed E-state index contributed by atoms with van der Waals surface area (Å²) < 4.78 is 10.5. The maximum atomic E-state index is 12.3. The van der Waals surface area contributed by atoms with Crippen molar-refractivity contribution < 1.29 is 23.9 Å². The van der Waals surface area contributed by atoms with Gasteiger partial charge in [-0.1, -0.05) is 19.9 Å². The molecule has 1 atom stereocenters. The lowest BCUT2D eigenvalue weighted by Gasteiger charge is -2.17. The molecule has 0 bridgehead atoms. The molecule has 23 heavy (non-hydrogen) atoms. The van der Waals surface area contributed by atoms with Crippen LogP contribution in [0, 0.1) is 13.8 Å². The highest BCUT2D eigenvalue weighted by Gasteiger charge is 2.25. The van der Waals surface area contributed by atoms with Crippen LogP contribution in [0.2, 0.25) is 0 Å². The third-order valence-electron chi connectivity index (χ3n) is 3.31. The Morgan fingerprint density at radius 2 is 1.91 bits per heavy atom. The predicted molar refractivity (Wildman–Crippen MR) is 86.5 cm³/mol. The molecule has 0 aliphatic carbocycles. The van der Waals surface area contributed by atoms with Gasteiger partial charge in [0.15, 0.2) is 6.10 Å². The van der Waals surface area contributed by atoms with Gasteiger partial charge in [0.2, 0.25) is 0 Å². The van der Waals surface area contributed by atoms with Gasteiger partial charge in [-0.2, -0.15) is 0 Å². The molecule has 1 unspecified atom stereocenters. The van der Waals surface area contributed by atoms with Crippen molar-refractivity contribution in [2.45, 2.75) is 46.6 Å². The predicted octanol–water partition coefficient (Wildman–Crippen LogP) is 3.31. The van der Waals surface area contributed by atoms with E-state index >= 15 is 0 Å². The number of benzene rings is 1. The first-order chi connectivity index (χ1) is 10.8. The molecule has 0 saturated carbocycles.